The molecule has 3 unspecified atom stereocenters. The molecule has 3 atom stereocenters. The van der Waals surface area contributed by atoms with Crippen LogP contribution < -0.4 is 0 Å². The third kappa shape index (κ3) is 2.58. The van der Waals surface area contributed by atoms with E-state index in [9.17, 15) is 4.79 Å². The van der Waals surface area contributed by atoms with Crippen molar-refractivity contribution in [3.05, 3.63) is 12.7 Å². The molecule has 0 amide bonds. The van der Waals surface area contributed by atoms with Crippen molar-refractivity contribution in [2.45, 2.75) is 39.2 Å². The standard InChI is InChI=1S/C11H18O2/c1-4-9-7-10(6-8(9)3)13-11(12)5-2/h5,8-10H,2,4,6-7H2,1,3H3. The predicted molar refractivity (Wildman–Crippen MR) is 52.3 cm³/mol. The molecule has 0 aromatic heterocycles. The van der Waals surface area contributed by atoms with Crippen molar-refractivity contribution < 1.29 is 9.53 Å². The van der Waals surface area contributed by atoms with E-state index < -0.39 is 0 Å². The zero-order chi connectivity index (χ0) is 9.84. The van der Waals surface area contributed by atoms with Crippen LogP contribution in [-0.4, -0.2) is 12.1 Å². The second kappa shape index (κ2) is 4.45. The summed E-state index contributed by atoms with van der Waals surface area (Å²) in [6, 6.07) is 0. The van der Waals surface area contributed by atoms with Gasteiger partial charge in [-0.05, 0) is 24.7 Å². The normalized spacial score (nSPS) is 32.9. The topological polar surface area (TPSA) is 26.3 Å². The van der Waals surface area contributed by atoms with Crippen LogP contribution in [0.3, 0.4) is 0 Å². The Hall–Kier alpha value is -0.790. The molecule has 0 heterocycles. The van der Waals surface area contributed by atoms with Gasteiger partial charge in [-0.3, -0.25) is 0 Å². The number of rotatable bonds is 3. The van der Waals surface area contributed by atoms with Crippen LogP contribution in [0, 0.1) is 11.8 Å². The van der Waals surface area contributed by atoms with Gasteiger partial charge >= 0.3 is 5.97 Å². The van der Waals surface area contributed by atoms with E-state index in [4.69, 9.17) is 4.74 Å². The Morgan fingerprint density at radius 1 is 1.62 bits per heavy atom. The second-order valence-corrected chi connectivity index (χ2v) is 3.88. The molecule has 0 bridgehead atoms. The summed E-state index contributed by atoms with van der Waals surface area (Å²) >= 11 is 0. The molecule has 1 saturated carbocycles. The highest BCUT2D eigenvalue weighted by molar-refractivity contribution is 5.81. The van der Waals surface area contributed by atoms with Crippen LogP contribution in [0.5, 0.6) is 0 Å². The maximum absolute atomic E-state index is 10.9. The first kappa shape index (κ1) is 10.3. The average Bonchev–Trinajstić information content (AvgIpc) is 2.46. The lowest BCUT2D eigenvalue weighted by Crippen LogP contribution is -2.13. The SMILES string of the molecule is C=CC(=O)OC1CC(C)C(CC)C1. The Labute approximate surface area is 80.0 Å². The molecule has 0 saturated heterocycles. The molecule has 1 rings (SSSR count). The van der Waals surface area contributed by atoms with Crippen molar-refractivity contribution in [1.82, 2.24) is 0 Å². The van der Waals surface area contributed by atoms with Gasteiger partial charge in [0.2, 0.25) is 0 Å². The van der Waals surface area contributed by atoms with E-state index >= 15 is 0 Å². The molecule has 0 N–H and O–H groups in total. The Morgan fingerprint density at radius 2 is 2.31 bits per heavy atom. The lowest BCUT2D eigenvalue weighted by Gasteiger charge is -2.10. The fraction of sp³-hybridized carbons (Fsp3) is 0.727. The zero-order valence-electron chi connectivity index (χ0n) is 8.45. The number of hydrogen-bond acceptors (Lipinski definition) is 2. The molecule has 2 nitrogen and oxygen atoms in total. The highest BCUT2D eigenvalue weighted by atomic mass is 16.5. The molecule has 1 aliphatic carbocycles. The van der Waals surface area contributed by atoms with Crippen LogP contribution in [0.2, 0.25) is 0 Å². The molecule has 2 heteroatoms. The van der Waals surface area contributed by atoms with Gasteiger partial charge in [-0.15, -0.1) is 0 Å². The number of esters is 1. The van der Waals surface area contributed by atoms with Gasteiger partial charge in [0.15, 0.2) is 0 Å². The van der Waals surface area contributed by atoms with E-state index in [1.807, 2.05) is 0 Å². The third-order valence-corrected chi connectivity index (χ3v) is 2.98. The molecule has 13 heavy (non-hydrogen) atoms. The van der Waals surface area contributed by atoms with Crippen molar-refractivity contribution >= 4 is 5.97 Å². The van der Waals surface area contributed by atoms with E-state index in [1.54, 1.807) is 0 Å². The minimum absolute atomic E-state index is 0.130. The van der Waals surface area contributed by atoms with Gasteiger partial charge in [-0.1, -0.05) is 26.8 Å². The maximum atomic E-state index is 10.9. The summed E-state index contributed by atoms with van der Waals surface area (Å²) in [5.41, 5.74) is 0. The van der Waals surface area contributed by atoms with E-state index in [0.717, 1.165) is 18.8 Å². The van der Waals surface area contributed by atoms with Crippen LogP contribution >= 0.6 is 0 Å². The van der Waals surface area contributed by atoms with E-state index in [2.05, 4.69) is 20.4 Å². The van der Waals surface area contributed by atoms with Gasteiger partial charge in [0.05, 0.1) is 0 Å². The molecule has 0 aromatic carbocycles. The summed E-state index contributed by atoms with van der Waals surface area (Å²) in [7, 11) is 0. The molecule has 0 radical (unpaired) electrons. The van der Waals surface area contributed by atoms with Gasteiger partial charge in [0.1, 0.15) is 6.10 Å². The first-order valence-electron chi connectivity index (χ1n) is 5.00. The quantitative estimate of drug-likeness (QED) is 0.495. The molecular weight excluding hydrogens is 164 g/mol. The minimum Gasteiger partial charge on any atom is -0.459 e. The van der Waals surface area contributed by atoms with Crippen LogP contribution in [0.4, 0.5) is 0 Å². The lowest BCUT2D eigenvalue weighted by atomic mass is 9.96. The van der Waals surface area contributed by atoms with Gasteiger partial charge in [0.25, 0.3) is 0 Å². The van der Waals surface area contributed by atoms with Crippen LogP contribution in [0.25, 0.3) is 0 Å². The maximum Gasteiger partial charge on any atom is 0.330 e. The monoisotopic (exact) mass is 182 g/mol. The van der Waals surface area contributed by atoms with Crippen molar-refractivity contribution in [1.29, 1.82) is 0 Å². The molecule has 0 spiro atoms. The van der Waals surface area contributed by atoms with Crippen LogP contribution in [-0.2, 0) is 9.53 Å². The van der Waals surface area contributed by atoms with Crippen LogP contribution in [0.15, 0.2) is 12.7 Å². The smallest absolute Gasteiger partial charge is 0.330 e. The van der Waals surface area contributed by atoms with Crippen molar-refractivity contribution in [2.75, 3.05) is 0 Å². The Balaban J connectivity index is 2.39. The van der Waals surface area contributed by atoms with E-state index in [1.165, 1.54) is 12.5 Å². The minimum atomic E-state index is -0.283. The van der Waals surface area contributed by atoms with Crippen molar-refractivity contribution in [3.8, 4) is 0 Å². The van der Waals surface area contributed by atoms with Crippen molar-refractivity contribution in [3.63, 3.8) is 0 Å². The largest absolute Gasteiger partial charge is 0.459 e. The highest BCUT2D eigenvalue weighted by Crippen LogP contribution is 2.35. The number of hydrogen-bond donors (Lipinski definition) is 0. The van der Waals surface area contributed by atoms with Crippen LogP contribution in [0.1, 0.15) is 33.1 Å². The fourth-order valence-corrected chi connectivity index (χ4v) is 2.15. The van der Waals surface area contributed by atoms with Gasteiger partial charge in [-0.25, -0.2) is 4.79 Å². The summed E-state index contributed by atoms with van der Waals surface area (Å²) < 4.78 is 5.21. The lowest BCUT2D eigenvalue weighted by molar-refractivity contribution is -0.142. The molecule has 0 aliphatic heterocycles. The molecular formula is C11H18O2. The zero-order valence-corrected chi connectivity index (χ0v) is 8.45. The summed E-state index contributed by atoms with van der Waals surface area (Å²) in [5.74, 6) is 1.13. The first-order valence-corrected chi connectivity index (χ1v) is 5.00. The number of carbonyl (C=O) groups is 1. The average molecular weight is 182 g/mol. The summed E-state index contributed by atoms with van der Waals surface area (Å²) in [6.45, 7) is 7.81. The number of ether oxygens (including phenoxy) is 1. The van der Waals surface area contributed by atoms with Gasteiger partial charge < -0.3 is 4.74 Å². The van der Waals surface area contributed by atoms with Crippen molar-refractivity contribution in [2.24, 2.45) is 11.8 Å². The van der Waals surface area contributed by atoms with Gasteiger partial charge in [0, 0.05) is 6.08 Å². The van der Waals surface area contributed by atoms with E-state index in [0.29, 0.717) is 5.92 Å². The molecule has 1 fully saturated rings. The first-order chi connectivity index (χ1) is 6.17. The second-order valence-electron chi connectivity index (χ2n) is 3.88. The predicted octanol–water partition coefficient (Wildman–Crippen LogP) is 2.54. The fourth-order valence-electron chi connectivity index (χ4n) is 2.15. The molecule has 74 valence electrons. The summed E-state index contributed by atoms with van der Waals surface area (Å²) in [6.07, 6.45) is 4.59. The summed E-state index contributed by atoms with van der Waals surface area (Å²) in [4.78, 5) is 10.9. The highest BCUT2D eigenvalue weighted by Gasteiger charge is 2.31. The number of carbonyl (C=O) groups excluding carboxylic acids is 1. The third-order valence-electron chi connectivity index (χ3n) is 2.98. The Kier molecular flexibility index (Phi) is 3.52. The van der Waals surface area contributed by atoms with E-state index in [-0.39, 0.29) is 12.1 Å². The molecule has 1 aliphatic rings. The molecule has 0 aromatic rings. The Morgan fingerprint density at radius 3 is 2.77 bits per heavy atom. The van der Waals surface area contributed by atoms with Gasteiger partial charge in [-0.2, -0.15) is 0 Å². The summed E-state index contributed by atoms with van der Waals surface area (Å²) in [5, 5.41) is 0. The Bertz CT molecular complexity index is 198.